The van der Waals surface area contributed by atoms with Gasteiger partial charge < -0.3 is 9.47 Å². The van der Waals surface area contributed by atoms with Crippen molar-refractivity contribution in [1.29, 1.82) is 0 Å². The summed E-state index contributed by atoms with van der Waals surface area (Å²) < 4.78 is 42.2. The van der Waals surface area contributed by atoms with Crippen LogP contribution in [0.2, 0.25) is 0 Å². The van der Waals surface area contributed by atoms with Crippen LogP contribution in [0.1, 0.15) is 43.6 Å². The SMILES string of the molecule is CC(C)(C)OC(=O)N1CC=C(c2ccc(-c3cccnc3OC(c3ccccc3)c3ccccc3)cc2)C(F)(F)C1. The van der Waals surface area contributed by atoms with Crippen molar-refractivity contribution in [3.63, 3.8) is 0 Å². The molecule has 0 N–H and O–H groups in total. The maximum Gasteiger partial charge on any atom is 0.410 e. The molecule has 1 aromatic heterocycles. The van der Waals surface area contributed by atoms with Crippen LogP contribution in [0.4, 0.5) is 13.6 Å². The number of rotatable bonds is 6. The van der Waals surface area contributed by atoms with Crippen molar-refractivity contribution in [1.82, 2.24) is 9.88 Å². The minimum Gasteiger partial charge on any atom is -0.464 e. The van der Waals surface area contributed by atoms with Gasteiger partial charge in [0.1, 0.15) is 5.60 Å². The number of hydrogen-bond acceptors (Lipinski definition) is 4. The van der Waals surface area contributed by atoms with E-state index in [-0.39, 0.29) is 18.2 Å². The van der Waals surface area contributed by atoms with Gasteiger partial charge in [-0.1, -0.05) is 91.0 Å². The summed E-state index contributed by atoms with van der Waals surface area (Å²) >= 11 is 0. The number of carbonyl (C=O) groups excluding carboxylic acids is 1. The van der Waals surface area contributed by atoms with E-state index >= 15 is 8.78 Å². The molecule has 0 aliphatic carbocycles. The highest BCUT2D eigenvalue weighted by Crippen LogP contribution is 2.39. The Balaban J connectivity index is 1.40. The number of carbonyl (C=O) groups is 1. The summed E-state index contributed by atoms with van der Waals surface area (Å²) in [7, 11) is 0. The standard InChI is InChI=1S/C34H32F2N2O3/c1-33(2,3)41-32(39)38-22-20-29(34(35,36)23-38)25-18-16-24(17-19-25)28-15-10-21-37-31(28)40-30(26-11-6-4-7-12-26)27-13-8-5-9-14-27/h4-21,30H,22-23H2,1-3H3. The number of benzene rings is 3. The van der Waals surface area contributed by atoms with Gasteiger partial charge in [0.25, 0.3) is 5.92 Å². The number of amides is 1. The van der Waals surface area contributed by atoms with Crippen molar-refractivity contribution in [3.05, 3.63) is 126 Å². The largest absolute Gasteiger partial charge is 0.464 e. The summed E-state index contributed by atoms with van der Waals surface area (Å²) in [5, 5.41) is 0. The monoisotopic (exact) mass is 554 g/mol. The first-order chi connectivity index (χ1) is 19.6. The van der Waals surface area contributed by atoms with Crippen LogP contribution in [0.3, 0.4) is 0 Å². The molecule has 0 spiro atoms. The topological polar surface area (TPSA) is 51.7 Å². The third-order valence-corrected chi connectivity index (χ3v) is 6.66. The summed E-state index contributed by atoms with van der Waals surface area (Å²) in [6.07, 6.45) is 1.93. The second kappa shape index (κ2) is 11.5. The molecule has 41 heavy (non-hydrogen) atoms. The predicted octanol–water partition coefficient (Wildman–Crippen LogP) is 8.19. The zero-order chi connectivity index (χ0) is 29.0. The molecular weight excluding hydrogens is 522 g/mol. The molecule has 1 amide bonds. The van der Waals surface area contributed by atoms with Crippen LogP contribution in [0.25, 0.3) is 16.7 Å². The molecule has 5 rings (SSSR count). The van der Waals surface area contributed by atoms with E-state index in [0.29, 0.717) is 11.4 Å². The molecular formula is C34H32F2N2O3. The average Bonchev–Trinajstić information content (AvgIpc) is 2.96. The van der Waals surface area contributed by atoms with Crippen LogP contribution < -0.4 is 4.74 Å². The second-order valence-electron chi connectivity index (χ2n) is 10.9. The lowest BCUT2D eigenvalue weighted by atomic mass is 9.94. The van der Waals surface area contributed by atoms with Gasteiger partial charge in [-0.15, -0.1) is 0 Å². The van der Waals surface area contributed by atoms with Crippen LogP contribution in [0, 0.1) is 0 Å². The molecule has 0 atom stereocenters. The number of alkyl halides is 2. The highest BCUT2D eigenvalue weighted by atomic mass is 19.3. The fourth-order valence-corrected chi connectivity index (χ4v) is 4.76. The van der Waals surface area contributed by atoms with E-state index in [0.717, 1.165) is 27.2 Å². The van der Waals surface area contributed by atoms with E-state index in [1.54, 1.807) is 51.2 Å². The molecule has 4 aromatic rings. The lowest BCUT2D eigenvalue weighted by Crippen LogP contribution is -2.46. The molecule has 5 nitrogen and oxygen atoms in total. The Morgan fingerprint density at radius 2 is 1.44 bits per heavy atom. The van der Waals surface area contributed by atoms with Crippen molar-refractivity contribution < 1.29 is 23.0 Å². The zero-order valence-electron chi connectivity index (χ0n) is 23.3. The molecule has 2 heterocycles. The first-order valence-corrected chi connectivity index (χ1v) is 13.5. The molecule has 0 fully saturated rings. The van der Waals surface area contributed by atoms with Crippen LogP contribution in [-0.4, -0.2) is 40.6 Å². The van der Waals surface area contributed by atoms with E-state index in [4.69, 9.17) is 9.47 Å². The average molecular weight is 555 g/mol. The minimum absolute atomic E-state index is 0.0442. The Morgan fingerprint density at radius 1 is 0.854 bits per heavy atom. The Bertz CT molecular complexity index is 1480. The first-order valence-electron chi connectivity index (χ1n) is 13.5. The molecule has 3 aromatic carbocycles. The molecule has 1 aliphatic heterocycles. The first kappa shape index (κ1) is 28.0. The highest BCUT2D eigenvalue weighted by Gasteiger charge is 2.42. The fraction of sp³-hybridized carbons (Fsp3) is 0.235. The molecule has 0 radical (unpaired) electrons. The molecule has 0 unspecified atom stereocenters. The minimum atomic E-state index is -3.22. The van der Waals surface area contributed by atoms with Gasteiger partial charge in [0.05, 0.1) is 6.54 Å². The van der Waals surface area contributed by atoms with Gasteiger partial charge in [0, 0.05) is 23.9 Å². The van der Waals surface area contributed by atoms with Gasteiger partial charge in [-0.25, -0.2) is 9.78 Å². The van der Waals surface area contributed by atoms with Gasteiger partial charge in [0.2, 0.25) is 5.88 Å². The Labute approximate surface area is 239 Å². The molecule has 1 aliphatic rings. The maximum absolute atomic E-state index is 15.2. The third-order valence-electron chi connectivity index (χ3n) is 6.66. The normalized spacial score (nSPS) is 14.9. The van der Waals surface area contributed by atoms with Crippen LogP contribution in [0.5, 0.6) is 5.88 Å². The maximum atomic E-state index is 15.2. The molecule has 0 saturated heterocycles. The quantitative estimate of drug-likeness (QED) is 0.241. The molecule has 7 heteroatoms. The van der Waals surface area contributed by atoms with Crippen LogP contribution in [-0.2, 0) is 4.74 Å². The third kappa shape index (κ3) is 6.62. The number of pyridine rings is 1. The van der Waals surface area contributed by atoms with E-state index < -0.39 is 24.2 Å². The van der Waals surface area contributed by atoms with E-state index in [1.165, 1.54) is 6.08 Å². The summed E-state index contributed by atoms with van der Waals surface area (Å²) in [4.78, 5) is 17.9. The number of ether oxygens (including phenoxy) is 2. The van der Waals surface area contributed by atoms with Crippen molar-refractivity contribution in [2.24, 2.45) is 0 Å². The Morgan fingerprint density at radius 3 is 2.00 bits per heavy atom. The Kier molecular flexibility index (Phi) is 7.88. The number of nitrogens with zero attached hydrogens (tertiary/aromatic N) is 2. The summed E-state index contributed by atoms with van der Waals surface area (Å²) in [6, 6.07) is 30.5. The number of aromatic nitrogens is 1. The molecule has 0 saturated carbocycles. The number of hydrogen-bond donors (Lipinski definition) is 0. The van der Waals surface area contributed by atoms with Crippen molar-refractivity contribution in [2.75, 3.05) is 13.1 Å². The lowest BCUT2D eigenvalue weighted by molar-refractivity contribution is -0.0105. The predicted molar refractivity (Wildman–Crippen MR) is 156 cm³/mol. The van der Waals surface area contributed by atoms with Crippen molar-refractivity contribution >= 4 is 11.7 Å². The Hall–Kier alpha value is -4.52. The summed E-state index contributed by atoms with van der Waals surface area (Å²) in [6.45, 7) is 4.42. The highest BCUT2D eigenvalue weighted by molar-refractivity contribution is 5.78. The zero-order valence-corrected chi connectivity index (χ0v) is 23.3. The molecule has 210 valence electrons. The smallest absolute Gasteiger partial charge is 0.410 e. The van der Waals surface area contributed by atoms with E-state index in [2.05, 4.69) is 4.98 Å². The lowest BCUT2D eigenvalue weighted by Gasteiger charge is -2.34. The summed E-state index contributed by atoms with van der Waals surface area (Å²) in [5.41, 5.74) is 3.02. The summed E-state index contributed by atoms with van der Waals surface area (Å²) in [5.74, 6) is -2.79. The van der Waals surface area contributed by atoms with E-state index in [9.17, 15) is 4.79 Å². The van der Waals surface area contributed by atoms with Crippen LogP contribution in [0.15, 0.2) is 109 Å². The van der Waals surface area contributed by atoms with Gasteiger partial charge in [0.15, 0.2) is 6.10 Å². The second-order valence-corrected chi connectivity index (χ2v) is 10.9. The van der Waals surface area contributed by atoms with Crippen molar-refractivity contribution in [2.45, 2.75) is 38.4 Å². The van der Waals surface area contributed by atoms with Crippen molar-refractivity contribution in [3.8, 4) is 17.0 Å². The van der Waals surface area contributed by atoms with Gasteiger partial charge >= 0.3 is 6.09 Å². The van der Waals surface area contributed by atoms with Crippen LogP contribution >= 0.6 is 0 Å². The van der Waals surface area contributed by atoms with Gasteiger partial charge in [-0.2, -0.15) is 8.78 Å². The molecule has 0 bridgehead atoms. The number of halogens is 2. The fourth-order valence-electron chi connectivity index (χ4n) is 4.76. The van der Waals surface area contributed by atoms with E-state index in [1.807, 2.05) is 72.8 Å². The van der Waals surface area contributed by atoms with Gasteiger partial charge in [-0.05, 0) is 55.2 Å². The van der Waals surface area contributed by atoms with Gasteiger partial charge in [-0.3, -0.25) is 4.90 Å².